The van der Waals surface area contributed by atoms with E-state index in [-0.39, 0.29) is 0 Å². The normalized spacial score (nSPS) is 12.3. The van der Waals surface area contributed by atoms with Gasteiger partial charge in [-0.25, -0.2) is 4.98 Å². The lowest BCUT2D eigenvalue weighted by molar-refractivity contribution is 0.208. The first-order valence-electron chi connectivity index (χ1n) is 7.78. The second kappa shape index (κ2) is 7.11. The number of imidazole rings is 1. The average Bonchev–Trinajstić information content (AvgIpc) is 2.92. The molecule has 1 aromatic heterocycles. The van der Waals surface area contributed by atoms with Gasteiger partial charge in [-0.1, -0.05) is 35.9 Å². The minimum Gasteiger partial charge on any atom is -0.495 e. The van der Waals surface area contributed by atoms with E-state index in [0.717, 1.165) is 16.6 Å². The molecule has 3 aromatic rings. The molecule has 3 rings (SSSR count). The summed E-state index contributed by atoms with van der Waals surface area (Å²) in [4.78, 5) is 4.62. The highest BCUT2D eigenvalue weighted by Gasteiger charge is 2.14. The van der Waals surface area contributed by atoms with Gasteiger partial charge in [0.25, 0.3) is 0 Å². The molecule has 1 heterocycles. The van der Waals surface area contributed by atoms with Crippen LogP contribution in [0.5, 0.6) is 5.75 Å². The Morgan fingerprint density at radius 2 is 2.04 bits per heavy atom. The monoisotopic (exact) mass is 345 g/mol. The van der Waals surface area contributed by atoms with Crippen LogP contribution in [0.2, 0.25) is 5.02 Å². The molecule has 0 saturated heterocycles. The summed E-state index contributed by atoms with van der Waals surface area (Å²) >= 11 is 6.44. The van der Waals surface area contributed by atoms with Crippen LogP contribution < -0.4 is 10.1 Å². The first-order valence-corrected chi connectivity index (χ1v) is 8.16. The number of aliphatic hydroxyl groups excluding tert-OH is 1. The number of ether oxygens (including phenoxy) is 1. The number of aromatic nitrogens is 2. The number of methoxy groups -OCH3 is 1. The molecule has 0 bridgehead atoms. The van der Waals surface area contributed by atoms with Gasteiger partial charge in [0.15, 0.2) is 0 Å². The molecule has 24 heavy (non-hydrogen) atoms. The molecule has 0 saturated carbocycles. The zero-order chi connectivity index (χ0) is 17.1. The summed E-state index contributed by atoms with van der Waals surface area (Å²) in [6.07, 6.45) is -0.460. The summed E-state index contributed by atoms with van der Waals surface area (Å²) in [6.45, 7) is 2.72. The van der Waals surface area contributed by atoms with Gasteiger partial charge in [0.2, 0.25) is 5.95 Å². The highest BCUT2D eigenvalue weighted by atomic mass is 35.5. The van der Waals surface area contributed by atoms with Crippen LogP contribution in [0.15, 0.2) is 42.5 Å². The van der Waals surface area contributed by atoms with Crippen molar-refractivity contribution in [3.63, 3.8) is 0 Å². The largest absolute Gasteiger partial charge is 0.495 e. The zero-order valence-corrected chi connectivity index (χ0v) is 14.4. The van der Waals surface area contributed by atoms with Crippen molar-refractivity contribution in [2.45, 2.75) is 19.6 Å². The van der Waals surface area contributed by atoms with Gasteiger partial charge in [-0.3, -0.25) is 0 Å². The highest BCUT2D eigenvalue weighted by molar-refractivity contribution is 6.32. The molecule has 1 atom stereocenters. The van der Waals surface area contributed by atoms with Crippen molar-refractivity contribution >= 4 is 28.6 Å². The molecule has 2 aromatic carbocycles. The number of hydrogen-bond acceptors (Lipinski definition) is 4. The van der Waals surface area contributed by atoms with E-state index in [2.05, 4.69) is 14.9 Å². The predicted molar refractivity (Wildman–Crippen MR) is 97.0 cm³/mol. The summed E-state index contributed by atoms with van der Waals surface area (Å²) in [5.74, 6) is 1.35. The first-order chi connectivity index (χ1) is 11.6. The van der Waals surface area contributed by atoms with Crippen LogP contribution in [0, 0.1) is 0 Å². The molecule has 0 radical (unpaired) electrons. The summed E-state index contributed by atoms with van der Waals surface area (Å²) in [5.41, 5.74) is 2.84. The van der Waals surface area contributed by atoms with Gasteiger partial charge in [0.1, 0.15) is 5.75 Å². The third-order valence-corrected chi connectivity index (χ3v) is 4.23. The maximum Gasteiger partial charge on any atom is 0.204 e. The van der Waals surface area contributed by atoms with E-state index in [1.54, 1.807) is 14.0 Å². The predicted octanol–water partition coefficient (Wildman–Crippen LogP) is 3.54. The summed E-state index contributed by atoms with van der Waals surface area (Å²) < 4.78 is 7.35. The Morgan fingerprint density at radius 3 is 2.79 bits per heavy atom. The number of para-hydroxylation sites is 2. The molecular formula is C18H20ClN3O2. The van der Waals surface area contributed by atoms with Crippen LogP contribution in [0.1, 0.15) is 12.5 Å². The number of nitrogens with one attached hydrogen (secondary N) is 1. The number of aliphatic hydroxyl groups is 1. The van der Waals surface area contributed by atoms with Crippen LogP contribution in [0.4, 0.5) is 5.95 Å². The Bertz CT molecular complexity index is 845. The van der Waals surface area contributed by atoms with Gasteiger partial charge in [-0.05, 0) is 30.7 Å². The zero-order valence-electron chi connectivity index (χ0n) is 13.7. The fraction of sp³-hybridized carbons (Fsp3) is 0.278. The molecule has 2 N–H and O–H groups in total. The number of anilines is 1. The standard InChI is InChI=1S/C18H20ClN3O2/c1-12(23)10-20-18-21-14-7-3-4-8-15(14)22(18)11-13-6-5-9-16(24-2)17(13)19/h3-9,12,23H,10-11H2,1-2H3,(H,20,21). The fourth-order valence-corrected chi connectivity index (χ4v) is 2.88. The summed E-state index contributed by atoms with van der Waals surface area (Å²) in [6, 6.07) is 13.6. The lowest BCUT2D eigenvalue weighted by Crippen LogP contribution is -2.18. The van der Waals surface area contributed by atoms with Crippen LogP contribution >= 0.6 is 11.6 Å². The van der Waals surface area contributed by atoms with Crippen LogP contribution in [0.25, 0.3) is 11.0 Å². The lowest BCUT2D eigenvalue weighted by atomic mass is 10.2. The van der Waals surface area contributed by atoms with Gasteiger partial charge >= 0.3 is 0 Å². The van der Waals surface area contributed by atoms with Gasteiger partial charge < -0.3 is 19.7 Å². The molecular weight excluding hydrogens is 326 g/mol. The van der Waals surface area contributed by atoms with Crippen LogP contribution in [-0.4, -0.2) is 34.4 Å². The van der Waals surface area contributed by atoms with Crippen LogP contribution in [-0.2, 0) is 6.54 Å². The lowest BCUT2D eigenvalue weighted by Gasteiger charge is -2.14. The summed E-state index contributed by atoms with van der Waals surface area (Å²) in [7, 11) is 1.60. The van der Waals surface area contributed by atoms with Gasteiger partial charge in [0, 0.05) is 6.54 Å². The van der Waals surface area contributed by atoms with E-state index in [0.29, 0.717) is 29.8 Å². The summed E-state index contributed by atoms with van der Waals surface area (Å²) in [5, 5.41) is 13.3. The SMILES string of the molecule is COc1cccc(Cn2c(NCC(C)O)nc3ccccc32)c1Cl. The number of benzene rings is 2. The molecule has 126 valence electrons. The average molecular weight is 346 g/mol. The third kappa shape index (κ3) is 3.32. The Labute approximate surface area is 145 Å². The fourth-order valence-electron chi connectivity index (χ4n) is 2.62. The van der Waals surface area contributed by atoms with Crippen molar-refractivity contribution in [3.8, 4) is 5.75 Å². The topological polar surface area (TPSA) is 59.3 Å². The van der Waals surface area contributed by atoms with E-state index < -0.39 is 6.10 Å². The Morgan fingerprint density at radius 1 is 1.25 bits per heavy atom. The van der Waals surface area contributed by atoms with E-state index in [1.165, 1.54) is 0 Å². The van der Waals surface area contributed by atoms with Gasteiger partial charge in [0.05, 0.1) is 35.8 Å². The number of fused-ring (bicyclic) bond motifs is 1. The Kier molecular flexibility index (Phi) is 4.92. The minimum absolute atomic E-state index is 0.426. The second-order valence-corrected chi connectivity index (χ2v) is 6.05. The number of halogens is 1. The molecule has 0 amide bonds. The van der Waals surface area contributed by atoms with Crippen molar-refractivity contribution in [1.82, 2.24) is 9.55 Å². The van der Waals surface area contributed by atoms with Crippen molar-refractivity contribution in [3.05, 3.63) is 53.1 Å². The van der Waals surface area contributed by atoms with Crippen molar-refractivity contribution in [2.75, 3.05) is 19.0 Å². The molecule has 6 heteroatoms. The van der Waals surface area contributed by atoms with E-state index >= 15 is 0 Å². The van der Waals surface area contributed by atoms with Crippen molar-refractivity contribution < 1.29 is 9.84 Å². The minimum atomic E-state index is -0.460. The quantitative estimate of drug-likeness (QED) is 0.717. The van der Waals surface area contributed by atoms with Crippen molar-refractivity contribution in [2.24, 2.45) is 0 Å². The molecule has 0 aliphatic heterocycles. The number of nitrogens with zero attached hydrogens (tertiary/aromatic N) is 2. The van der Waals surface area contributed by atoms with E-state index in [9.17, 15) is 5.11 Å². The van der Waals surface area contributed by atoms with Gasteiger partial charge in [-0.2, -0.15) is 0 Å². The maximum absolute atomic E-state index is 9.54. The smallest absolute Gasteiger partial charge is 0.204 e. The number of rotatable bonds is 6. The molecule has 0 aliphatic rings. The van der Waals surface area contributed by atoms with Gasteiger partial charge in [-0.15, -0.1) is 0 Å². The molecule has 1 unspecified atom stereocenters. The highest BCUT2D eigenvalue weighted by Crippen LogP contribution is 2.30. The molecule has 0 fully saturated rings. The number of hydrogen-bond donors (Lipinski definition) is 2. The maximum atomic E-state index is 9.54. The Balaban J connectivity index is 2.02. The molecule has 5 nitrogen and oxygen atoms in total. The van der Waals surface area contributed by atoms with Crippen molar-refractivity contribution in [1.29, 1.82) is 0 Å². The van der Waals surface area contributed by atoms with E-state index in [4.69, 9.17) is 16.3 Å². The third-order valence-electron chi connectivity index (χ3n) is 3.80. The molecule has 0 aliphatic carbocycles. The molecule has 0 spiro atoms. The van der Waals surface area contributed by atoms with Crippen LogP contribution in [0.3, 0.4) is 0 Å². The second-order valence-electron chi connectivity index (χ2n) is 5.67. The first kappa shape index (κ1) is 16.6. The van der Waals surface area contributed by atoms with E-state index in [1.807, 2.05) is 42.5 Å². The Hall–Kier alpha value is -2.24.